The molecule has 0 bridgehead atoms. The summed E-state index contributed by atoms with van der Waals surface area (Å²) in [6, 6.07) is 0. The van der Waals surface area contributed by atoms with Gasteiger partial charge in [0.15, 0.2) is 0 Å². The summed E-state index contributed by atoms with van der Waals surface area (Å²) in [5.41, 5.74) is 0. The van der Waals surface area contributed by atoms with Gasteiger partial charge in [0, 0.05) is 12.2 Å². The zero-order valence-corrected chi connectivity index (χ0v) is 8.40. The number of carbonyl (C=O) groups excluding carboxylic acids is 1. The Morgan fingerprint density at radius 3 is 2.50 bits per heavy atom. The Hall–Kier alpha value is -0.0700. The fourth-order valence-corrected chi connectivity index (χ4v) is 2.83. The predicted molar refractivity (Wildman–Crippen MR) is 49.0 cm³/mol. The van der Waals surface area contributed by atoms with E-state index in [0.29, 0.717) is 12.0 Å². The van der Waals surface area contributed by atoms with E-state index in [1.54, 1.807) is 6.26 Å². The van der Waals surface area contributed by atoms with E-state index in [2.05, 4.69) is 0 Å². The molecule has 6 heteroatoms. The number of carbonyl (C=O) groups is 1. The summed E-state index contributed by atoms with van der Waals surface area (Å²) < 4.78 is 30.0. The van der Waals surface area contributed by atoms with Gasteiger partial charge in [0.05, 0.1) is 5.25 Å². The molecule has 0 aromatic heterocycles. The van der Waals surface area contributed by atoms with Crippen molar-refractivity contribution in [3.8, 4) is 0 Å². The zero-order chi connectivity index (χ0) is 9.61. The number of hydrogen-bond acceptors (Lipinski definition) is 4. The smallest absolute Gasteiger partial charge is 0.268 e. The Kier molecular flexibility index (Phi) is 5.52. The molecule has 1 unspecified atom stereocenters. The molecule has 0 aliphatic heterocycles. The van der Waals surface area contributed by atoms with Crippen LogP contribution in [0.25, 0.3) is 0 Å². The number of rotatable bonds is 6. The van der Waals surface area contributed by atoms with E-state index >= 15 is 0 Å². The molecule has 1 N–H and O–H groups in total. The molecule has 1 atom stereocenters. The molecule has 0 heterocycles. The molecule has 0 saturated heterocycles. The minimum Gasteiger partial charge on any atom is -0.303 e. The SMILES string of the molecule is CSCC(CCC=O)S(=O)(=O)O. The van der Waals surface area contributed by atoms with E-state index in [1.807, 2.05) is 0 Å². The summed E-state index contributed by atoms with van der Waals surface area (Å²) in [5.74, 6) is 0.326. The summed E-state index contributed by atoms with van der Waals surface area (Å²) in [7, 11) is -3.98. The van der Waals surface area contributed by atoms with Crippen molar-refractivity contribution in [3.05, 3.63) is 0 Å². The molecule has 4 nitrogen and oxygen atoms in total. The number of thioether (sulfide) groups is 1. The fourth-order valence-electron chi connectivity index (χ4n) is 0.758. The lowest BCUT2D eigenvalue weighted by atomic mass is 10.3. The van der Waals surface area contributed by atoms with Gasteiger partial charge in [-0.25, -0.2) is 0 Å². The van der Waals surface area contributed by atoms with Gasteiger partial charge in [-0.1, -0.05) is 0 Å². The Morgan fingerprint density at radius 2 is 2.17 bits per heavy atom. The molecule has 0 saturated carbocycles. The first kappa shape index (κ1) is 11.9. The van der Waals surface area contributed by atoms with Crippen molar-refractivity contribution in [2.45, 2.75) is 18.1 Å². The molecule has 0 spiro atoms. The van der Waals surface area contributed by atoms with Gasteiger partial charge < -0.3 is 4.79 Å². The monoisotopic (exact) mass is 212 g/mol. The second-order valence-electron chi connectivity index (χ2n) is 2.34. The number of hydrogen-bond donors (Lipinski definition) is 1. The van der Waals surface area contributed by atoms with Crippen LogP contribution in [0, 0.1) is 0 Å². The van der Waals surface area contributed by atoms with Crippen LogP contribution in [-0.2, 0) is 14.9 Å². The molecular formula is C6H12O4S2. The van der Waals surface area contributed by atoms with E-state index in [1.165, 1.54) is 11.8 Å². The van der Waals surface area contributed by atoms with Crippen molar-refractivity contribution in [1.82, 2.24) is 0 Å². The lowest BCUT2D eigenvalue weighted by Crippen LogP contribution is -2.23. The molecule has 12 heavy (non-hydrogen) atoms. The third-order valence-corrected chi connectivity index (χ3v) is 3.57. The van der Waals surface area contributed by atoms with E-state index in [0.717, 1.165) is 0 Å². The van der Waals surface area contributed by atoms with Crippen molar-refractivity contribution >= 4 is 28.2 Å². The first-order chi connectivity index (χ1) is 5.52. The maximum Gasteiger partial charge on any atom is 0.268 e. The van der Waals surface area contributed by atoms with E-state index in [9.17, 15) is 13.2 Å². The van der Waals surface area contributed by atoms with Gasteiger partial charge in [-0.3, -0.25) is 4.55 Å². The fraction of sp³-hybridized carbons (Fsp3) is 0.833. The Labute approximate surface area is 76.5 Å². The molecule has 0 fully saturated rings. The predicted octanol–water partition coefficient (Wildman–Crippen LogP) is 0.585. The van der Waals surface area contributed by atoms with Gasteiger partial charge in [0.1, 0.15) is 6.29 Å². The van der Waals surface area contributed by atoms with Gasteiger partial charge >= 0.3 is 0 Å². The molecule has 0 rings (SSSR count). The van der Waals surface area contributed by atoms with Crippen molar-refractivity contribution in [2.75, 3.05) is 12.0 Å². The minimum atomic E-state index is -3.98. The molecule has 0 aliphatic rings. The molecule has 0 amide bonds. The van der Waals surface area contributed by atoms with Crippen LogP contribution in [-0.4, -0.2) is 36.5 Å². The third kappa shape index (κ3) is 4.74. The Balaban J connectivity index is 4.13. The minimum absolute atomic E-state index is 0.172. The van der Waals surface area contributed by atoms with E-state index < -0.39 is 15.4 Å². The summed E-state index contributed by atoms with van der Waals surface area (Å²) in [6.07, 6.45) is 2.77. The quantitative estimate of drug-likeness (QED) is 0.515. The summed E-state index contributed by atoms with van der Waals surface area (Å²) in [6.45, 7) is 0. The second-order valence-corrected chi connectivity index (χ2v) is 4.94. The van der Waals surface area contributed by atoms with Crippen molar-refractivity contribution in [2.24, 2.45) is 0 Å². The maximum absolute atomic E-state index is 10.7. The van der Waals surface area contributed by atoms with Crippen LogP contribution in [0.2, 0.25) is 0 Å². The first-order valence-electron chi connectivity index (χ1n) is 3.41. The van der Waals surface area contributed by atoms with Crippen LogP contribution in [0.4, 0.5) is 0 Å². The standard InChI is InChI=1S/C6H12O4S2/c1-11-5-6(3-2-4-7)12(8,9)10/h4,6H,2-3,5H2,1H3,(H,8,9,10). The highest BCUT2D eigenvalue weighted by Crippen LogP contribution is 2.11. The van der Waals surface area contributed by atoms with Crippen LogP contribution < -0.4 is 0 Å². The molecule has 0 aliphatic carbocycles. The second kappa shape index (κ2) is 5.55. The molecule has 72 valence electrons. The first-order valence-corrected chi connectivity index (χ1v) is 6.31. The molecule has 0 radical (unpaired) electrons. The molecular weight excluding hydrogens is 200 g/mol. The Morgan fingerprint density at radius 1 is 1.58 bits per heavy atom. The third-order valence-electron chi connectivity index (χ3n) is 1.38. The van der Waals surface area contributed by atoms with Crippen molar-refractivity contribution < 1.29 is 17.8 Å². The highest BCUT2D eigenvalue weighted by molar-refractivity contribution is 7.99. The lowest BCUT2D eigenvalue weighted by molar-refractivity contribution is -0.107. The maximum atomic E-state index is 10.7. The van der Waals surface area contributed by atoms with Gasteiger partial charge in [-0.2, -0.15) is 20.2 Å². The van der Waals surface area contributed by atoms with Gasteiger partial charge in [-0.05, 0) is 12.7 Å². The molecule has 0 aromatic carbocycles. The number of aldehydes is 1. The van der Waals surface area contributed by atoms with Crippen LogP contribution in [0.1, 0.15) is 12.8 Å². The van der Waals surface area contributed by atoms with Gasteiger partial charge in [0.25, 0.3) is 10.1 Å². The highest BCUT2D eigenvalue weighted by atomic mass is 32.2. The topological polar surface area (TPSA) is 71.4 Å². The average molecular weight is 212 g/mol. The van der Waals surface area contributed by atoms with Crippen LogP contribution in [0.5, 0.6) is 0 Å². The largest absolute Gasteiger partial charge is 0.303 e. The summed E-state index contributed by atoms with van der Waals surface area (Å²) in [5, 5.41) is -0.808. The average Bonchev–Trinajstić information content (AvgIpc) is 1.95. The van der Waals surface area contributed by atoms with Gasteiger partial charge in [-0.15, -0.1) is 0 Å². The molecule has 0 aromatic rings. The van der Waals surface area contributed by atoms with Crippen LogP contribution in [0.3, 0.4) is 0 Å². The summed E-state index contributed by atoms with van der Waals surface area (Å²) in [4.78, 5) is 9.96. The summed E-state index contributed by atoms with van der Waals surface area (Å²) >= 11 is 1.33. The Bertz CT molecular complexity index is 222. The van der Waals surface area contributed by atoms with Gasteiger partial charge in [0.2, 0.25) is 0 Å². The van der Waals surface area contributed by atoms with Crippen LogP contribution in [0.15, 0.2) is 0 Å². The van der Waals surface area contributed by atoms with E-state index in [4.69, 9.17) is 4.55 Å². The van der Waals surface area contributed by atoms with Crippen LogP contribution >= 0.6 is 11.8 Å². The van der Waals surface area contributed by atoms with Crippen molar-refractivity contribution in [1.29, 1.82) is 0 Å². The lowest BCUT2D eigenvalue weighted by Gasteiger charge is -2.09. The normalized spacial score (nSPS) is 14.2. The highest BCUT2D eigenvalue weighted by Gasteiger charge is 2.21. The van der Waals surface area contributed by atoms with Crippen molar-refractivity contribution in [3.63, 3.8) is 0 Å². The van der Waals surface area contributed by atoms with E-state index in [-0.39, 0.29) is 12.8 Å². The zero-order valence-electron chi connectivity index (χ0n) is 6.76.